The van der Waals surface area contributed by atoms with Crippen LogP contribution in [0.1, 0.15) is 79.1 Å². The molecule has 0 spiro atoms. The summed E-state index contributed by atoms with van der Waals surface area (Å²) in [5.74, 6) is 0.739. The van der Waals surface area contributed by atoms with Gasteiger partial charge in [0.25, 0.3) is 0 Å². The molecule has 0 amide bonds. The smallest absolute Gasteiger partial charge is 0.0630 e. The van der Waals surface area contributed by atoms with E-state index in [0.717, 1.165) is 18.9 Å². The van der Waals surface area contributed by atoms with Crippen LogP contribution in [0.5, 0.6) is 0 Å². The van der Waals surface area contributed by atoms with E-state index in [-0.39, 0.29) is 5.41 Å². The van der Waals surface area contributed by atoms with E-state index in [1.807, 2.05) is 0 Å². The average Bonchev–Trinajstić information content (AvgIpc) is 2.39. The van der Waals surface area contributed by atoms with Crippen molar-refractivity contribution in [1.29, 1.82) is 0 Å². The van der Waals surface area contributed by atoms with Crippen LogP contribution in [-0.4, -0.2) is 24.9 Å². The van der Waals surface area contributed by atoms with Gasteiger partial charge in [0, 0.05) is 6.61 Å². The largest absolute Gasteiger partial charge is 0.378 e. The average molecular weight is 282 g/mol. The lowest BCUT2D eigenvalue weighted by molar-refractivity contribution is -0.125. The SMILES string of the molecule is CC(C)CC1CCCC(C(C)(C)C[C@H]2CCCCO2)O1. The molecule has 0 radical (unpaired) electrons. The van der Waals surface area contributed by atoms with Crippen molar-refractivity contribution in [3.8, 4) is 0 Å². The normalized spacial score (nSPS) is 32.5. The Morgan fingerprint density at radius 1 is 1.00 bits per heavy atom. The van der Waals surface area contributed by atoms with Crippen molar-refractivity contribution in [3.05, 3.63) is 0 Å². The molecule has 2 nitrogen and oxygen atoms in total. The second kappa shape index (κ2) is 7.26. The first-order chi connectivity index (χ1) is 9.47. The van der Waals surface area contributed by atoms with E-state index in [2.05, 4.69) is 27.7 Å². The molecule has 0 aromatic rings. The zero-order chi connectivity index (χ0) is 14.6. The van der Waals surface area contributed by atoms with Gasteiger partial charge in [-0.05, 0) is 62.7 Å². The topological polar surface area (TPSA) is 18.5 Å². The predicted octanol–water partition coefficient (Wildman–Crippen LogP) is 4.96. The zero-order valence-corrected chi connectivity index (χ0v) is 14.0. The highest BCUT2D eigenvalue weighted by molar-refractivity contribution is 4.86. The Balaban J connectivity index is 1.86. The molecule has 0 saturated carbocycles. The standard InChI is InChI=1S/C18H34O2/c1-14(2)12-15-9-7-10-17(20-15)18(3,4)13-16-8-5-6-11-19-16/h14-17H,5-13H2,1-4H3/t15?,16-,17?/m1/s1. The van der Waals surface area contributed by atoms with Gasteiger partial charge < -0.3 is 9.47 Å². The van der Waals surface area contributed by atoms with Crippen molar-refractivity contribution in [2.45, 2.75) is 97.4 Å². The number of rotatable bonds is 5. The summed E-state index contributed by atoms with van der Waals surface area (Å²) in [6.07, 6.45) is 11.4. The van der Waals surface area contributed by atoms with Crippen molar-refractivity contribution in [2.75, 3.05) is 6.61 Å². The highest BCUT2D eigenvalue weighted by Crippen LogP contribution is 2.39. The van der Waals surface area contributed by atoms with Gasteiger partial charge in [-0.25, -0.2) is 0 Å². The molecular weight excluding hydrogens is 248 g/mol. The monoisotopic (exact) mass is 282 g/mol. The highest BCUT2D eigenvalue weighted by Gasteiger charge is 2.37. The Labute approximate surface area is 125 Å². The van der Waals surface area contributed by atoms with Gasteiger partial charge in [-0.1, -0.05) is 27.7 Å². The molecule has 2 unspecified atom stereocenters. The van der Waals surface area contributed by atoms with Crippen LogP contribution < -0.4 is 0 Å². The van der Waals surface area contributed by atoms with Gasteiger partial charge in [-0.2, -0.15) is 0 Å². The third-order valence-electron chi connectivity index (χ3n) is 4.98. The molecule has 0 aliphatic carbocycles. The van der Waals surface area contributed by atoms with Gasteiger partial charge >= 0.3 is 0 Å². The lowest BCUT2D eigenvalue weighted by atomic mass is 9.76. The molecular formula is C18H34O2. The van der Waals surface area contributed by atoms with Crippen LogP contribution in [0.2, 0.25) is 0 Å². The van der Waals surface area contributed by atoms with Crippen LogP contribution in [0, 0.1) is 11.3 Å². The maximum absolute atomic E-state index is 6.45. The molecule has 118 valence electrons. The molecule has 2 heteroatoms. The van der Waals surface area contributed by atoms with Crippen LogP contribution in [0.3, 0.4) is 0 Å². The van der Waals surface area contributed by atoms with Gasteiger partial charge in [-0.15, -0.1) is 0 Å². The van der Waals surface area contributed by atoms with E-state index in [0.29, 0.717) is 18.3 Å². The molecule has 2 aliphatic rings. The van der Waals surface area contributed by atoms with Crippen molar-refractivity contribution in [3.63, 3.8) is 0 Å². The quantitative estimate of drug-likeness (QED) is 0.710. The molecule has 0 aromatic carbocycles. The Hall–Kier alpha value is -0.0800. The highest BCUT2D eigenvalue weighted by atomic mass is 16.5. The predicted molar refractivity (Wildman–Crippen MR) is 84.0 cm³/mol. The number of ether oxygens (including phenoxy) is 2. The van der Waals surface area contributed by atoms with Gasteiger partial charge in [0.1, 0.15) is 0 Å². The van der Waals surface area contributed by atoms with Gasteiger partial charge in [-0.3, -0.25) is 0 Å². The molecule has 2 heterocycles. The Morgan fingerprint density at radius 3 is 2.40 bits per heavy atom. The van der Waals surface area contributed by atoms with E-state index in [1.165, 1.54) is 44.9 Å². The minimum Gasteiger partial charge on any atom is -0.378 e. The Bertz CT molecular complexity index is 279. The first kappa shape index (κ1) is 16.3. The van der Waals surface area contributed by atoms with Crippen LogP contribution in [0.4, 0.5) is 0 Å². The minimum atomic E-state index is 0.248. The van der Waals surface area contributed by atoms with Crippen molar-refractivity contribution in [2.24, 2.45) is 11.3 Å². The molecule has 2 aliphatic heterocycles. The molecule has 0 aromatic heterocycles. The second-order valence-electron chi connectivity index (χ2n) is 7.99. The van der Waals surface area contributed by atoms with Crippen molar-refractivity contribution < 1.29 is 9.47 Å². The van der Waals surface area contributed by atoms with E-state index >= 15 is 0 Å². The lowest BCUT2D eigenvalue weighted by Gasteiger charge is -2.42. The zero-order valence-electron chi connectivity index (χ0n) is 14.0. The number of hydrogen-bond donors (Lipinski definition) is 0. The maximum atomic E-state index is 6.45. The van der Waals surface area contributed by atoms with Gasteiger partial charge in [0.2, 0.25) is 0 Å². The molecule has 20 heavy (non-hydrogen) atoms. The first-order valence-corrected chi connectivity index (χ1v) is 8.74. The van der Waals surface area contributed by atoms with Crippen LogP contribution in [0.25, 0.3) is 0 Å². The summed E-state index contributed by atoms with van der Waals surface area (Å²) in [4.78, 5) is 0. The molecule has 0 N–H and O–H groups in total. The number of hydrogen-bond acceptors (Lipinski definition) is 2. The summed E-state index contributed by atoms with van der Waals surface area (Å²) in [5.41, 5.74) is 0.248. The molecule has 2 rings (SSSR count). The fraction of sp³-hybridized carbons (Fsp3) is 1.00. The summed E-state index contributed by atoms with van der Waals surface area (Å²) in [6.45, 7) is 10.3. The molecule has 2 fully saturated rings. The van der Waals surface area contributed by atoms with E-state index < -0.39 is 0 Å². The Kier molecular flexibility index (Phi) is 5.92. The summed E-state index contributed by atoms with van der Waals surface area (Å²) >= 11 is 0. The van der Waals surface area contributed by atoms with E-state index in [9.17, 15) is 0 Å². The maximum Gasteiger partial charge on any atom is 0.0630 e. The van der Waals surface area contributed by atoms with Gasteiger partial charge in [0.05, 0.1) is 18.3 Å². The fourth-order valence-electron chi connectivity index (χ4n) is 3.86. The fourth-order valence-corrected chi connectivity index (χ4v) is 3.86. The first-order valence-electron chi connectivity index (χ1n) is 8.74. The van der Waals surface area contributed by atoms with Crippen LogP contribution in [-0.2, 0) is 9.47 Å². The summed E-state index contributed by atoms with van der Waals surface area (Å²) in [6, 6.07) is 0. The third-order valence-corrected chi connectivity index (χ3v) is 4.98. The Morgan fingerprint density at radius 2 is 1.75 bits per heavy atom. The van der Waals surface area contributed by atoms with Crippen molar-refractivity contribution in [1.82, 2.24) is 0 Å². The van der Waals surface area contributed by atoms with Crippen molar-refractivity contribution >= 4 is 0 Å². The van der Waals surface area contributed by atoms with Gasteiger partial charge in [0.15, 0.2) is 0 Å². The molecule has 0 bridgehead atoms. The second-order valence-corrected chi connectivity index (χ2v) is 7.99. The van der Waals surface area contributed by atoms with E-state index in [1.54, 1.807) is 0 Å². The third kappa shape index (κ3) is 4.73. The minimum absolute atomic E-state index is 0.248. The molecule has 2 saturated heterocycles. The lowest BCUT2D eigenvalue weighted by Crippen LogP contribution is -2.41. The summed E-state index contributed by atoms with van der Waals surface area (Å²) in [5, 5.41) is 0. The van der Waals surface area contributed by atoms with Crippen LogP contribution >= 0.6 is 0 Å². The van der Waals surface area contributed by atoms with E-state index in [4.69, 9.17) is 9.47 Å². The summed E-state index contributed by atoms with van der Waals surface area (Å²) in [7, 11) is 0. The molecule has 3 atom stereocenters. The summed E-state index contributed by atoms with van der Waals surface area (Å²) < 4.78 is 12.4. The van der Waals surface area contributed by atoms with Crippen LogP contribution in [0.15, 0.2) is 0 Å².